The van der Waals surface area contributed by atoms with Gasteiger partial charge in [0.25, 0.3) is 0 Å². The van der Waals surface area contributed by atoms with Crippen LogP contribution in [0.5, 0.6) is 0 Å². The molecule has 0 N–H and O–H groups in total. The second-order valence-corrected chi connectivity index (χ2v) is 11.1. The molecule has 1 heterocycles. The molecular formula is C28H39ClFN3OS. The van der Waals surface area contributed by atoms with Gasteiger partial charge >= 0.3 is 0 Å². The fourth-order valence-electron chi connectivity index (χ4n) is 4.03. The molecule has 1 fully saturated rings. The molecule has 3 atom stereocenters. The molecule has 0 radical (unpaired) electrons. The van der Waals surface area contributed by atoms with E-state index in [4.69, 9.17) is 11.6 Å². The standard InChI is InChI=1S/C25H31ClFN3OS.C3H8/c1-5-32(31)29-24-15-19(7-6-17(24)2)14-21(18(3)26)10-13-23-16-25(30(4)28-23)20-8-11-22(27)12-9-20;1-3-2/h8-13,16-17,19H,5-7,14-15H2,1-4H3;3H2,1-2H3/b13-10+,21-18+,29-24+;/t17-,19-,32?;/m1./s1. The number of nitrogens with zero attached hydrogens (tertiary/aromatic N) is 3. The van der Waals surface area contributed by atoms with E-state index in [0.717, 1.165) is 59.0 Å². The molecule has 1 saturated carbocycles. The zero-order chi connectivity index (χ0) is 26.0. The topological polar surface area (TPSA) is 47.2 Å². The molecule has 3 rings (SSSR count). The molecule has 1 aromatic heterocycles. The van der Waals surface area contributed by atoms with Gasteiger partial charge in [-0.1, -0.05) is 51.8 Å². The van der Waals surface area contributed by atoms with Gasteiger partial charge in [0.2, 0.25) is 0 Å². The van der Waals surface area contributed by atoms with Crippen molar-refractivity contribution in [2.75, 3.05) is 5.75 Å². The summed E-state index contributed by atoms with van der Waals surface area (Å²) in [5, 5.41) is 5.34. The number of aromatic nitrogens is 2. The maximum atomic E-state index is 13.2. The highest BCUT2D eigenvalue weighted by Crippen LogP contribution is 2.33. The Kier molecular flexibility index (Phi) is 12.1. The van der Waals surface area contributed by atoms with Crippen LogP contribution in [0, 0.1) is 17.7 Å². The quantitative estimate of drug-likeness (QED) is 0.347. The van der Waals surface area contributed by atoms with Crippen LogP contribution in [0.4, 0.5) is 4.39 Å². The van der Waals surface area contributed by atoms with E-state index in [1.54, 1.807) is 16.8 Å². The molecule has 0 amide bonds. The smallest absolute Gasteiger partial charge is 0.138 e. The van der Waals surface area contributed by atoms with Gasteiger partial charge in [0, 0.05) is 23.5 Å². The Balaban J connectivity index is 0.00000137. The third-order valence-electron chi connectivity index (χ3n) is 5.99. The van der Waals surface area contributed by atoms with Crippen molar-refractivity contribution in [1.29, 1.82) is 0 Å². The van der Waals surface area contributed by atoms with Gasteiger partial charge in [-0.15, -0.1) is 0 Å². The Morgan fingerprint density at radius 3 is 2.51 bits per heavy atom. The molecule has 192 valence electrons. The number of rotatable bonds is 7. The van der Waals surface area contributed by atoms with E-state index < -0.39 is 11.0 Å². The van der Waals surface area contributed by atoms with Crippen molar-refractivity contribution in [3.63, 3.8) is 0 Å². The Morgan fingerprint density at radius 2 is 1.91 bits per heavy atom. The molecule has 1 aliphatic carbocycles. The molecule has 4 nitrogen and oxygen atoms in total. The van der Waals surface area contributed by atoms with Gasteiger partial charge in [0.05, 0.1) is 11.4 Å². The molecule has 1 aliphatic rings. The monoisotopic (exact) mass is 519 g/mol. The highest BCUT2D eigenvalue weighted by Gasteiger charge is 2.25. The minimum atomic E-state index is -1.12. The highest BCUT2D eigenvalue weighted by molar-refractivity contribution is 7.83. The number of benzene rings is 1. The lowest BCUT2D eigenvalue weighted by Crippen LogP contribution is -2.24. The van der Waals surface area contributed by atoms with Crippen molar-refractivity contribution in [3.8, 4) is 11.3 Å². The minimum absolute atomic E-state index is 0.255. The first-order valence-corrected chi connectivity index (χ1v) is 14.1. The number of hydrogen-bond donors (Lipinski definition) is 0. The second-order valence-electron chi connectivity index (χ2n) is 9.13. The summed E-state index contributed by atoms with van der Waals surface area (Å²) in [6.07, 6.45) is 9.16. The van der Waals surface area contributed by atoms with Gasteiger partial charge in [-0.2, -0.15) is 9.50 Å². The highest BCUT2D eigenvalue weighted by atomic mass is 35.5. The van der Waals surface area contributed by atoms with Crippen LogP contribution in [0.3, 0.4) is 0 Å². The molecule has 0 spiro atoms. The zero-order valence-electron chi connectivity index (χ0n) is 21.9. The van der Waals surface area contributed by atoms with Crippen molar-refractivity contribution in [2.45, 2.75) is 66.7 Å². The lowest BCUT2D eigenvalue weighted by molar-refractivity contribution is 0.415. The Labute approximate surface area is 218 Å². The summed E-state index contributed by atoms with van der Waals surface area (Å²) in [4.78, 5) is 0. The van der Waals surface area contributed by atoms with E-state index in [9.17, 15) is 8.60 Å². The molecule has 1 unspecified atom stereocenters. The number of aryl methyl sites for hydroxylation is 1. The van der Waals surface area contributed by atoms with Crippen LogP contribution < -0.4 is 0 Å². The molecule has 0 saturated heterocycles. The van der Waals surface area contributed by atoms with Gasteiger partial charge in [0.1, 0.15) is 16.8 Å². The Hall–Kier alpha value is -2.05. The zero-order valence-corrected chi connectivity index (χ0v) is 23.4. The van der Waals surface area contributed by atoms with Gasteiger partial charge in [-0.05, 0) is 92.0 Å². The molecule has 35 heavy (non-hydrogen) atoms. The SMILES string of the molecule is CCC.CCS(=O)/N=C1\C[C@@H](CC(/C=C/c2cc(-c3ccc(F)cc3)n(C)n2)=C(\C)Cl)CC[C@H]1C. The van der Waals surface area contributed by atoms with Crippen LogP contribution in [0.2, 0.25) is 0 Å². The van der Waals surface area contributed by atoms with Crippen molar-refractivity contribution >= 4 is 34.4 Å². The van der Waals surface area contributed by atoms with Crippen LogP contribution in [0.1, 0.15) is 72.4 Å². The fourth-order valence-corrected chi connectivity index (χ4v) is 4.82. The van der Waals surface area contributed by atoms with Crippen LogP contribution in [0.15, 0.2) is 51.4 Å². The van der Waals surface area contributed by atoms with E-state index >= 15 is 0 Å². The predicted octanol–water partition coefficient (Wildman–Crippen LogP) is 8.12. The number of allylic oxidation sites excluding steroid dienone is 3. The van der Waals surface area contributed by atoms with Crippen molar-refractivity contribution in [1.82, 2.24) is 9.78 Å². The summed E-state index contributed by atoms with van der Waals surface area (Å²) in [6.45, 7) is 10.2. The average molecular weight is 520 g/mol. The number of halogens is 2. The first-order chi connectivity index (χ1) is 16.7. The van der Waals surface area contributed by atoms with Crippen LogP contribution in [-0.2, 0) is 18.0 Å². The maximum absolute atomic E-state index is 13.2. The van der Waals surface area contributed by atoms with E-state index in [2.05, 4.69) is 30.3 Å². The lowest BCUT2D eigenvalue weighted by atomic mass is 9.78. The second kappa shape index (κ2) is 14.5. The van der Waals surface area contributed by atoms with Crippen LogP contribution in [0.25, 0.3) is 17.3 Å². The van der Waals surface area contributed by atoms with Gasteiger partial charge in [-0.25, -0.2) is 8.60 Å². The van der Waals surface area contributed by atoms with Crippen LogP contribution >= 0.6 is 11.6 Å². The van der Waals surface area contributed by atoms with E-state index in [1.807, 2.05) is 39.1 Å². The third kappa shape index (κ3) is 9.16. The summed E-state index contributed by atoms with van der Waals surface area (Å²) in [5.74, 6) is 1.13. The molecule has 0 aliphatic heterocycles. The molecule has 1 aromatic carbocycles. The van der Waals surface area contributed by atoms with Gasteiger partial charge < -0.3 is 0 Å². The first-order valence-electron chi connectivity index (χ1n) is 12.5. The average Bonchev–Trinajstić information content (AvgIpc) is 3.19. The summed E-state index contributed by atoms with van der Waals surface area (Å²) in [7, 11) is 0.756. The van der Waals surface area contributed by atoms with Gasteiger partial charge in [0.15, 0.2) is 0 Å². The first kappa shape index (κ1) is 29.2. The van der Waals surface area contributed by atoms with Crippen molar-refractivity contribution in [3.05, 3.63) is 58.5 Å². The maximum Gasteiger partial charge on any atom is 0.138 e. The summed E-state index contributed by atoms with van der Waals surface area (Å²) in [5.41, 5.74) is 4.81. The molecule has 0 bridgehead atoms. The predicted molar refractivity (Wildman–Crippen MR) is 149 cm³/mol. The van der Waals surface area contributed by atoms with Crippen molar-refractivity contribution in [2.24, 2.45) is 23.3 Å². The Morgan fingerprint density at radius 1 is 1.26 bits per heavy atom. The van der Waals surface area contributed by atoms with Crippen molar-refractivity contribution < 1.29 is 8.60 Å². The molecular weight excluding hydrogens is 481 g/mol. The van der Waals surface area contributed by atoms with Crippen LogP contribution in [-0.4, -0.2) is 25.5 Å². The van der Waals surface area contributed by atoms with E-state index in [1.165, 1.54) is 18.6 Å². The third-order valence-corrected chi connectivity index (χ3v) is 7.16. The fraction of sp³-hybridized carbons (Fsp3) is 0.500. The lowest BCUT2D eigenvalue weighted by Gasteiger charge is -2.28. The summed E-state index contributed by atoms with van der Waals surface area (Å²) < 4.78 is 31.4. The summed E-state index contributed by atoms with van der Waals surface area (Å²) in [6, 6.07) is 8.40. The normalized spacial score (nSPS) is 21.0. The summed E-state index contributed by atoms with van der Waals surface area (Å²) >= 11 is 6.44. The molecule has 7 heteroatoms. The number of hydrogen-bond acceptors (Lipinski definition) is 2. The van der Waals surface area contributed by atoms with E-state index in [0.29, 0.717) is 17.6 Å². The van der Waals surface area contributed by atoms with E-state index in [-0.39, 0.29) is 5.82 Å². The Bertz CT molecular complexity index is 1070. The molecule has 2 aromatic rings. The minimum Gasteiger partial charge on any atom is -0.267 e. The van der Waals surface area contributed by atoms with Gasteiger partial charge in [-0.3, -0.25) is 4.68 Å². The largest absolute Gasteiger partial charge is 0.267 e.